The van der Waals surface area contributed by atoms with Crippen molar-refractivity contribution in [2.45, 2.75) is 6.42 Å². The van der Waals surface area contributed by atoms with Gasteiger partial charge >= 0.3 is 6.03 Å². The standard InChI is InChI=1S/C17H11N5O2/c18-5-9-6-21(7-9)17(24)22-8-12-10-3-4-19-13-2-1-11(14(10)13)16(23)15(12)20-22/h1,3-4,8-9H,2,6-7H2. The van der Waals surface area contributed by atoms with E-state index in [-0.39, 0.29) is 17.7 Å². The lowest BCUT2D eigenvalue weighted by Gasteiger charge is -2.34. The number of hydrogen-bond donors (Lipinski definition) is 0. The van der Waals surface area contributed by atoms with Crippen molar-refractivity contribution in [1.29, 1.82) is 5.26 Å². The summed E-state index contributed by atoms with van der Waals surface area (Å²) in [7, 11) is 0. The predicted molar refractivity (Wildman–Crippen MR) is 82.9 cm³/mol. The Balaban J connectivity index is 1.59. The van der Waals surface area contributed by atoms with Gasteiger partial charge in [0.05, 0.1) is 17.7 Å². The summed E-state index contributed by atoms with van der Waals surface area (Å²) in [5.74, 6) is -0.274. The highest BCUT2D eigenvalue weighted by molar-refractivity contribution is 6.34. The number of pyridine rings is 1. The highest BCUT2D eigenvalue weighted by Crippen LogP contribution is 2.42. The Labute approximate surface area is 136 Å². The number of ketones is 1. The Hall–Kier alpha value is -3.27. The zero-order valence-electron chi connectivity index (χ0n) is 12.6. The van der Waals surface area contributed by atoms with Crippen LogP contribution in [-0.2, 0) is 6.42 Å². The number of fused-ring (bicyclic) bond motifs is 2. The average molecular weight is 317 g/mol. The molecular weight excluding hydrogens is 306 g/mol. The van der Waals surface area contributed by atoms with Gasteiger partial charge in [-0.05, 0) is 11.6 Å². The molecule has 0 radical (unpaired) electrons. The maximum Gasteiger partial charge on any atom is 0.344 e. The van der Waals surface area contributed by atoms with Crippen molar-refractivity contribution in [2.75, 3.05) is 13.1 Å². The molecule has 1 amide bonds. The molecule has 0 bridgehead atoms. The lowest BCUT2D eigenvalue weighted by molar-refractivity contribution is 0.105. The van der Waals surface area contributed by atoms with E-state index < -0.39 is 0 Å². The minimum atomic E-state index is -0.304. The number of likely N-dealkylation sites (tertiary alicyclic amines) is 1. The quantitative estimate of drug-likeness (QED) is 0.734. The van der Waals surface area contributed by atoms with Crippen molar-refractivity contribution >= 4 is 17.4 Å². The Morgan fingerprint density at radius 2 is 2.17 bits per heavy atom. The number of nitriles is 1. The van der Waals surface area contributed by atoms with Crippen LogP contribution in [0.4, 0.5) is 4.79 Å². The van der Waals surface area contributed by atoms with E-state index in [4.69, 9.17) is 5.26 Å². The number of aromatic nitrogens is 3. The van der Waals surface area contributed by atoms with Crippen LogP contribution >= 0.6 is 0 Å². The summed E-state index contributed by atoms with van der Waals surface area (Å²) < 4.78 is 1.21. The van der Waals surface area contributed by atoms with Crippen molar-refractivity contribution in [3.05, 3.63) is 41.5 Å². The molecule has 0 saturated carbocycles. The van der Waals surface area contributed by atoms with E-state index in [0.717, 1.165) is 16.8 Å². The first-order valence-electron chi connectivity index (χ1n) is 7.69. The van der Waals surface area contributed by atoms with E-state index in [0.29, 0.717) is 36.3 Å². The molecule has 1 saturated heterocycles. The molecule has 116 valence electrons. The van der Waals surface area contributed by atoms with Gasteiger partial charge in [0.1, 0.15) is 5.69 Å². The van der Waals surface area contributed by atoms with Gasteiger partial charge < -0.3 is 4.90 Å². The van der Waals surface area contributed by atoms with Crippen molar-refractivity contribution < 1.29 is 9.59 Å². The van der Waals surface area contributed by atoms with Crippen molar-refractivity contribution in [3.8, 4) is 17.2 Å². The van der Waals surface area contributed by atoms with E-state index in [1.807, 2.05) is 12.1 Å². The molecule has 0 unspecified atom stereocenters. The predicted octanol–water partition coefficient (Wildman–Crippen LogP) is 1.50. The van der Waals surface area contributed by atoms with Gasteiger partial charge in [0, 0.05) is 48.6 Å². The molecule has 7 nitrogen and oxygen atoms in total. The molecular formula is C17H11N5O2. The van der Waals surface area contributed by atoms with Crippen LogP contribution in [0, 0.1) is 17.2 Å². The molecule has 0 spiro atoms. The Bertz CT molecular complexity index is 1000. The fraction of sp³-hybridized carbons (Fsp3) is 0.235. The van der Waals surface area contributed by atoms with Crippen LogP contribution in [0.2, 0.25) is 0 Å². The summed E-state index contributed by atoms with van der Waals surface area (Å²) in [6, 6.07) is 3.69. The maximum absolute atomic E-state index is 12.7. The first-order chi connectivity index (χ1) is 11.7. The maximum atomic E-state index is 12.7. The summed E-state index contributed by atoms with van der Waals surface area (Å²) >= 11 is 0. The van der Waals surface area contributed by atoms with E-state index in [1.54, 1.807) is 17.3 Å². The van der Waals surface area contributed by atoms with Crippen molar-refractivity contribution in [3.63, 3.8) is 0 Å². The second kappa shape index (κ2) is 4.38. The van der Waals surface area contributed by atoms with Gasteiger partial charge in [-0.3, -0.25) is 9.78 Å². The normalized spacial score (nSPS) is 17.7. The molecule has 2 aliphatic carbocycles. The molecule has 0 atom stereocenters. The number of amides is 1. The Morgan fingerprint density at radius 3 is 2.96 bits per heavy atom. The number of Topliss-reactive ketones (excluding diaryl/α,β-unsaturated/α-hetero) is 1. The molecule has 2 aromatic heterocycles. The zero-order valence-corrected chi connectivity index (χ0v) is 12.6. The summed E-state index contributed by atoms with van der Waals surface area (Å²) in [5.41, 5.74) is 4.26. The first kappa shape index (κ1) is 13.2. The van der Waals surface area contributed by atoms with Crippen LogP contribution < -0.4 is 0 Å². The van der Waals surface area contributed by atoms with E-state index in [2.05, 4.69) is 16.2 Å². The van der Waals surface area contributed by atoms with Gasteiger partial charge in [0.25, 0.3) is 0 Å². The monoisotopic (exact) mass is 317 g/mol. The van der Waals surface area contributed by atoms with Gasteiger partial charge in [-0.2, -0.15) is 15.0 Å². The molecule has 3 heterocycles. The van der Waals surface area contributed by atoms with Crippen LogP contribution in [0.3, 0.4) is 0 Å². The number of carbonyl (C=O) groups is 2. The second-order valence-electron chi connectivity index (χ2n) is 6.18. The number of hydrogen-bond acceptors (Lipinski definition) is 5. The van der Waals surface area contributed by atoms with Crippen LogP contribution in [0.25, 0.3) is 16.7 Å². The lowest BCUT2D eigenvalue weighted by Crippen LogP contribution is -2.51. The number of rotatable bonds is 0. The highest BCUT2D eigenvalue weighted by Gasteiger charge is 2.37. The average Bonchev–Trinajstić information content (AvgIpc) is 3.17. The molecule has 2 aromatic rings. The highest BCUT2D eigenvalue weighted by atomic mass is 16.2. The number of allylic oxidation sites excluding steroid dienone is 2. The van der Waals surface area contributed by atoms with Gasteiger partial charge in [-0.15, -0.1) is 0 Å². The fourth-order valence-corrected chi connectivity index (χ4v) is 3.52. The van der Waals surface area contributed by atoms with Crippen LogP contribution in [0.15, 0.2) is 24.5 Å². The van der Waals surface area contributed by atoms with Gasteiger partial charge in [-0.1, -0.05) is 6.08 Å². The smallest absolute Gasteiger partial charge is 0.320 e. The topological polar surface area (TPSA) is 91.9 Å². The third kappa shape index (κ3) is 1.55. The summed E-state index contributed by atoms with van der Waals surface area (Å²) in [5, 5.41) is 13.1. The van der Waals surface area contributed by atoms with Crippen molar-refractivity contribution in [1.82, 2.24) is 19.7 Å². The van der Waals surface area contributed by atoms with E-state index in [9.17, 15) is 9.59 Å². The third-order valence-electron chi connectivity index (χ3n) is 4.79. The fourth-order valence-electron chi connectivity index (χ4n) is 3.52. The molecule has 7 heteroatoms. The zero-order chi connectivity index (χ0) is 16.4. The Morgan fingerprint density at radius 1 is 1.33 bits per heavy atom. The number of nitrogens with zero attached hydrogens (tertiary/aromatic N) is 5. The van der Waals surface area contributed by atoms with E-state index in [1.165, 1.54) is 4.68 Å². The minimum Gasteiger partial charge on any atom is -0.320 e. The van der Waals surface area contributed by atoms with Gasteiger partial charge in [0.2, 0.25) is 5.78 Å². The number of carbonyl (C=O) groups excluding carboxylic acids is 2. The molecule has 0 N–H and O–H groups in total. The molecule has 24 heavy (non-hydrogen) atoms. The summed E-state index contributed by atoms with van der Waals surface area (Å²) in [6.07, 6.45) is 5.85. The van der Waals surface area contributed by atoms with Crippen molar-refractivity contribution in [2.24, 2.45) is 5.92 Å². The van der Waals surface area contributed by atoms with Gasteiger partial charge in [0.15, 0.2) is 0 Å². The Kier molecular flexibility index (Phi) is 2.41. The van der Waals surface area contributed by atoms with E-state index >= 15 is 0 Å². The van der Waals surface area contributed by atoms with Crippen LogP contribution in [0.1, 0.15) is 21.7 Å². The second-order valence-corrected chi connectivity index (χ2v) is 6.18. The molecule has 0 aromatic carbocycles. The van der Waals surface area contributed by atoms with Crippen LogP contribution in [0.5, 0.6) is 0 Å². The molecule has 1 aliphatic heterocycles. The van der Waals surface area contributed by atoms with Crippen LogP contribution in [-0.4, -0.2) is 44.6 Å². The molecule has 5 rings (SSSR count). The lowest BCUT2D eigenvalue weighted by atomic mass is 9.87. The SMILES string of the molecule is N#CC1CN(C(=O)n2cc3c(n2)C(=O)C2=CCc4nccc-3c42)C1. The third-order valence-corrected chi connectivity index (χ3v) is 4.79. The largest absolute Gasteiger partial charge is 0.344 e. The summed E-state index contributed by atoms with van der Waals surface area (Å²) in [4.78, 5) is 31.0. The summed E-state index contributed by atoms with van der Waals surface area (Å²) in [6.45, 7) is 0.813. The minimum absolute atomic E-state index is 0.116. The molecule has 3 aliphatic rings. The first-order valence-corrected chi connectivity index (χ1v) is 7.69. The van der Waals surface area contributed by atoms with Gasteiger partial charge in [-0.25, -0.2) is 4.79 Å². The molecule has 1 fully saturated rings.